The number of nitrogens with two attached hydrogens (primary N) is 1. The molecule has 0 aliphatic carbocycles. The molecule has 3 N–H and O–H groups in total. The maximum Gasteiger partial charge on any atom is 0.266 e. The number of nitrogens with zero attached hydrogens (tertiary/aromatic N) is 2. The summed E-state index contributed by atoms with van der Waals surface area (Å²) < 4.78 is 18.8. The zero-order valence-electron chi connectivity index (χ0n) is 10.8. The minimum atomic E-state index is -0.641. The fraction of sp³-hybridized carbons (Fsp3) is 0.0714. The molecule has 0 bridgehead atoms. The third kappa shape index (κ3) is 3.32. The van der Waals surface area contributed by atoms with Crippen LogP contribution in [0.15, 0.2) is 36.5 Å². The van der Waals surface area contributed by atoms with E-state index in [2.05, 4.69) is 4.98 Å². The number of nitrogen functional groups attached to an aromatic ring is 1. The lowest BCUT2D eigenvalue weighted by atomic mass is 10.2. The average Bonchev–Trinajstić information content (AvgIpc) is 2.52. The molecule has 1 aromatic heterocycles. The van der Waals surface area contributed by atoms with Crippen molar-refractivity contribution in [3.8, 4) is 11.8 Å². The fourth-order valence-electron chi connectivity index (χ4n) is 1.61. The van der Waals surface area contributed by atoms with Gasteiger partial charge in [-0.2, -0.15) is 5.26 Å². The quantitative estimate of drug-likeness (QED) is 0.501. The zero-order chi connectivity index (χ0) is 15.2. The topological polar surface area (TPSA) is 101 Å². The van der Waals surface area contributed by atoms with Gasteiger partial charge in [-0.3, -0.25) is 15.2 Å². The summed E-state index contributed by atoms with van der Waals surface area (Å²) in [4.78, 5) is 15.3. The van der Waals surface area contributed by atoms with E-state index in [1.165, 1.54) is 30.5 Å². The highest BCUT2D eigenvalue weighted by Gasteiger charge is 2.09. The van der Waals surface area contributed by atoms with Crippen molar-refractivity contribution in [1.82, 2.24) is 10.4 Å². The number of amides is 1. The second-order valence-corrected chi connectivity index (χ2v) is 4.03. The smallest absolute Gasteiger partial charge is 0.266 e. The maximum absolute atomic E-state index is 13.4. The van der Waals surface area contributed by atoms with Crippen LogP contribution in [0.2, 0.25) is 0 Å². The van der Waals surface area contributed by atoms with Crippen LogP contribution >= 0.6 is 0 Å². The van der Waals surface area contributed by atoms with Gasteiger partial charge < -0.3 is 4.74 Å². The molecule has 0 aliphatic rings. The fourth-order valence-corrected chi connectivity index (χ4v) is 1.61. The van der Waals surface area contributed by atoms with Crippen LogP contribution in [0.4, 0.5) is 4.39 Å². The normalized spacial score (nSPS) is 9.76. The summed E-state index contributed by atoms with van der Waals surface area (Å²) in [5.74, 6) is 4.05. The first-order valence-corrected chi connectivity index (χ1v) is 5.93. The molecule has 0 atom stereocenters. The Bertz CT molecular complexity index is 695. The number of hydrogen-bond donors (Lipinski definition) is 2. The molecule has 106 valence electrons. The van der Waals surface area contributed by atoms with Crippen LogP contribution in [-0.2, 0) is 6.61 Å². The molecule has 6 nitrogen and oxygen atoms in total. The molecular formula is C14H11FN4O2. The van der Waals surface area contributed by atoms with E-state index in [0.29, 0.717) is 11.3 Å². The predicted octanol–water partition coefficient (Wildman–Crippen LogP) is 1.27. The van der Waals surface area contributed by atoms with Crippen molar-refractivity contribution in [2.75, 3.05) is 0 Å². The number of carbonyl (C=O) groups excluding carboxylic acids is 1. The monoisotopic (exact) mass is 286 g/mol. The summed E-state index contributed by atoms with van der Waals surface area (Å²) in [5.41, 5.74) is 2.67. The number of benzene rings is 1. The summed E-state index contributed by atoms with van der Waals surface area (Å²) >= 11 is 0. The van der Waals surface area contributed by atoms with E-state index in [0.717, 1.165) is 0 Å². The maximum atomic E-state index is 13.4. The Hall–Kier alpha value is -2.98. The summed E-state index contributed by atoms with van der Waals surface area (Å²) in [6.45, 7) is 0.0443. The molecule has 7 heteroatoms. The van der Waals surface area contributed by atoms with E-state index in [4.69, 9.17) is 15.8 Å². The SMILES string of the molecule is N#Cc1c(F)cccc1OCc1ccc(C(=O)NN)cn1. The van der Waals surface area contributed by atoms with Crippen molar-refractivity contribution in [2.24, 2.45) is 5.84 Å². The van der Waals surface area contributed by atoms with Gasteiger partial charge in [-0.15, -0.1) is 0 Å². The van der Waals surface area contributed by atoms with Gasteiger partial charge in [-0.1, -0.05) is 6.07 Å². The largest absolute Gasteiger partial charge is 0.486 e. The summed E-state index contributed by atoms with van der Waals surface area (Å²) in [5, 5.41) is 8.88. The highest BCUT2D eigenvalue weighted by Crippen LogP contribution is 2.21. The first-order chi connectivity index (χ1) is 10.2. The molecule has 0 radical (unpaired) electrons. The van der Waals surface area contributed by atoms with E-state index >= 15 is 0 Å². The van der Waals surface area contributed by atoms with E-state index < -0.39 is 11.7 Å². The lowest BCUT2D eigenvalue weighted by molar-refractivity contribution is 0.0953. The molecule has 1 aromatic carbocycles. The van der Waals surface area contributed by atoms with Gasteiger partial charge in [0.1, 0.15) is 29.8 Å². The number of carbonyl (C=O) groups is 1. The van der Waals surface area contributed by atoms with Crippen LogP contribution in [0.1, 0.15) is 21.6 Å². The minimum absolute atomic E-state index is 0.0443. The molecule has 1 amide bonds. The molecule has 0 saturated carbocycles. The van der Waals surface area contributed by atoms with Gasteiger partial charge in [0.2, 0.25) is 0 Å². The number of rotatable bonds is 4. The van der Waals surface area contributed by atoms with Crippen molar-refractivity contribution in [2.45, 2.75) is 6.61 Å². The zero-order valence-corrected chi connectivity index (χ0v) is 10.8. The van der Waals surface area contributed by atoms with Crippen LogP contribution in [0.3, 0.4) is 0 Å². The Labute approximate surface area is 119 Å². The van der Waals surface area contributed by atoms with Crippen molar-refractivity contribution in [3.05, 3.63) is 59.2 Å². The van der Waals surface area contributed by atoms with Gasteiger partial charge in [-0.05, 0) is 24.3 Å². The molecule has 0 aliphatic heterocycles. The third-order valence-corrected chi connectivity index (χ3v) is 2.68. The number of pyridine rings is 1. The Morgan fingerprint density at radius 2 is 2.24 bits per heavy atom. The van der Waals surface area contributed by atoms with Crippen LogP contribution < -0.4 is 16.0 Å². The van der Waals surface area contributed by atoms with Crippen molar-refractivity contribution in [1.29, 1.82) is 5.26 Å². The highest BCUT2D eigenvalue weighted by molar-refractivity contribution is 5.93. The first-order valence-electron chi connectivity index (χ1n) is 5.93. The molecule has 0 spiro atoms. The van der Waals surface area contributed by atoms with Crippen molar-refractivity contribution < 1.29 is 13.9 Å². The van der Waals surface area contributed by atoms with Gasteiger partial charge >= 0.3 is 0 Å². The molecule has 0 fully saturated rings. The predicted molar refractivity (Wildman–Crippen MR) is 71.3 cm³/mol. The molecule has 21 heavy (non-hydrogen) atoms. The first kappa shape index (κ1) is 14.4. The lowest BCUT2D eigenvalue weighted by Crippen LogP contribution is -2.30. The van der Waals surface area contributed by atoms with Crippen molar-refractivity contribution >= 4 is 5.91 Å². The molecular weight excluding hydrogens is 275 g/mol. The van der Waals surface area contributed by atoms with Crippen molar-refractivity contribution in [3.63, 3.8) is 0 Å². The average molecular weight is 286 g/mol. The third-order valence-electron chi connectivity index (χ3n) is 2.68. The Morgan fingerprint density at radius 1 is 1.43 bits per heavy atom. The van der Waals surface area contributed by atoms with E-state index in [1.54, 1.807) is 12.1 Å². The van der Waals surface area contributed by atoms with E-state index in [9.17, 15) is 9.18 Å². The number of nitriles is 1. The van der Waals surface area contributed by atoms with E-state index in [1.807, 2.05) is 5.43 Å². The Kier molecular flexibility index (Phi) is 4.43. The molecule has 0 unspecified atom stereocenters. The molecule has 1 heterocycles. The van der Waals surface area contributed by atoms with Gasteiger partial charge in [0.05, 0.1) is 11.3 Å². The summed E-state index contributed by atoms with van der Waals surface area (Å²) in [6.07, 6.45) is 1.34. The lowest BCUT2D eigenvalue weighted by Gasteiger charge is -2.08. The number of nitrogens with one attached hydrogen (secondary N) is 1. The van der Waals surface area contributed by atoms with Gasteiger partial charge in [0.25, 0.3) is 5.91 Å². The number of halogens is 1. The highest BCUT2D eigenvalue weighted by atomic mass is 19.1. The summed E-state index contributed by atoms with van der Waals surface area (Å²) in [6, 6.07) is 8.99. The summed E-state index contributed by atoms with van der Waals surface area (Å²) in [7, 11) is 0. The van der Waals surface area contributed by atoms with Gasteiger partial charge in [0.15, 0.2) is 0 Å². The molecule has 2 rings (SSSR count). The van der Waals surface area contributed by atoms with Crippen LogP contribution in [0, 0.1) is 17.1 Å². The van der Waals surface area contributed by atoms with Gasteiger partial charge in [0, 0.05) is 6.20 Å². The Morgan fingerprint density at radius 3 is 2.86 bits per heavy atom. The second-order valence-electron chi connectivity index (χ2n) is 4.03. The number of aromatic nitrogens is 1. The number of hydrogen-bond acceptors (Lipinski definition) is 5. The molecule has 0 saturated heterocycles. The van der Waals surface area contributed by atoms with Crippen LogP contribution in [-0.4, -0.2) is 10.9 Å². The van der Waals surface area contributed by atoms with Crippen LogP contribution in [0.5, 0.6) is 5.75 Å². The van der Waals surface area contributed by atoms with Gasteiger partial charge in [-0.25, -0.2) is 10.2 Å². The standard InChI is InChI=1S/C14H11FN4O2/c15-12-2-1-3-13(11(12)6-16)21-8-10-5-4-9(7-18-10)14(20)19-17/h1-5,7H,8,17H2,(H,19,20). The number of ether oxygens (including phenoxy) is 1. The molecule has 2 aromatic rings. The van der Waals surface area contributed by atoms with E-state index in [-0.39, 0.29) is 17.9 Å². The second kappa shape index (κ2) is 6.45. The number of hydrazine groups is 1. The van der Waals surface area contributed by atoms with Crippen LogP contribution in [0.25, 0.3) is 0 Å². The Balaban J connectivity index is 2.09. The minimum Gasteiger partial charge on any atom is -0.486 e.